The van der Waals surface area contributed by atoms with Crippen LogP contribution in [0.1, 0.15) is 20.7 Å². The van der Waals surface area contributed by atoms with Crippen molar-refractivity contribution in [2.24, 2.45) is 5.73 Å². The highest BCUT2D eigenvalue weighted by molar-refractivity contribution is 7.71. The quantitative estimate of drug-likeness (QED) is 0.443. The number of benzene rings is 3. The zero-order valence-electron chi connectivity index (χ0n) is 15.6. The van der Waals surface area contributed by atoms with E-state index in [4.69, 9.17) is 18.0 Å². The van der Waals surface area contributed by atoms with Crippen molar-refractivity contribution in [2.75, 3.05) is 5.32 Å². The van der Waals surface area contributed by atoms with Gasteiger partial charge in [0.1, 0.15) is 0 Å². The highest BCUT2D eigenvalue weighted by Gasteiger charge is 2.12. The topological polar surface area (TPSA) is 110 Å². The van der Waals surface area contributed by atoms with E-state index in [1.54, 1.807) is 42.5 Å². The van der Waals surface area contributed by atoms with Gasteiger partial charge >= 0.3 is 0 Å². The number of nitrogens with two attached hydrogens (primary N) is 1. The molecule has 3 aromatic carbocycles. The second-order valence-electron chi connectivity index (χ2n) is 6.56. The summed E-state index contributed by atoms with van der Waals surface area (Å²) in [5.41, 5.74) is 7.28. The largest absolute Gasteiger partial charge is 0.366 e. The monoisotopic (exact) mass is 416 g/mol. The van der Waals surface area contributed by atoms with Gasteiger partial charge in [-0.3, -0.25) is 19.0 Å². The minimum absolute atomic E-state index is 0.235. The van der Waals surface area contributed by atoms with Crippen molar-refractivity contribution in [3.8, 4) is 5.69 Å². The third kappa shape index (κ3) is 3.63. The lowest BCUT2D eigenvalue weighted by atomic mass is 10.1. The zero-order chi connectivity index (χ0) is 21.3. The summed E-state index contributed by atoms with van der Waals surface area (Å²) in [7, 11) is 0. The van der Waals surface area contributed by atoms with E-state index in [2.05, 4.69) is 10.3 Å². The van der Waals surface area contributed by atoms with E-state index in [9.17, 15) is 14.4 Å². The number of para-hydroxylation sites is 1. The number of aromatic amines is 1. The van der Waals surface area contributed by atoms with Crippen LogP contribution in [0.3, 0.4) is 0 Å². The SMILES string of the molecule is NC(=O)c1ccc(NC(=O)c2ccc3c(=O)n(-c4ccccc4)c(=S)[nH]c3c2)cc1. The summed E-state index contributed by atoms with van der Waals surface area (Å²) in [5.74, 6) is -0.908. The first-order chi connectivity index (χ1) is 14.4. The summed E-state index contributed by atoms with van der Waals surface area (Å²) < 4.78 is 1.65. The number of hydrogen-bond acceptors (Lipinski definition) is 4. The van der Waals surface area contributed by atoms with Gasteiger partial charge in [-0.25, -0.2) is 0 Å². The van der Waals surface area contributed by atoms with Crippen LogP contribution in [0.4, 0.5) is 5.69 Å². The fourth-order valence-electron chi connectivity index (χ4n) is 3.09. The van der Waals surface area contributed by atoms with E-state index in [0.29, 0.717) is 33.4 Å². The average Bonchev–Trinajstić information content (AvgIpc) is 2.74. The average molecular weight is 416 g/mol. The minimum atomic E-state index is -0.543. The Hall–Kier alpha value is -4.04. The zero-order valence-corrected chi connectivity index (χ0v) is 16.4. The van der Waals surface area contributed by atoms with Gasteiger partial charge in [-0.1, -0.05) is 18.2 Å². The van der Waals surface area contributed by atoms with E-state index in [1.165, 1.54) is 16.7 Å². The van der Waals surface area contributed by atoms with Gasteiger partial charge in [-0.05, 0) is 66.8 Å². The second-order valence-corrected chi connectivity index (χ2v) is 6.95. The molecule has 8 heteroatoms. The maximum Gasteiger partial charge on any atom is 0.266 e. The molecule has 4 rings (SSSR count). The number of amides is 2. The third-order valence-electron chi connectivity index (χ3n) is 4.60. The Balaban J connectivity index is 1.68. The molecular weight excluding hydrogens is 400 g/mol. The Labute approximate surface area is 175 Å². The third-order valence-corrected chi connectivity index (χ3v) is 4.89. The maximum atomic E-state index is 12.9. The first-order valence-corrected chi connectivity index (χ1v) is 9.40. The number of rotatable bonds is 4. The number of hydrogen-bond donors (Lipinski definition) is 3. The van der Waals surface area contributed by atoms with Gasteiger partial charge < -0.3 is 16.0 Å². The predicted molar refractivity (Wildman–Crippen MR) is 118 cm³/mol. The predicted octanol–water partition coefficient (Wildman–Crippen LogP) is 3.40. The van der Waals surface area contributed by atoms with E-state index < -0.39 is 5.91 Å². The molecule has 0 aliphatic rings. The van der Waals surface area contributed by atoms with Crippen molar-refractivity contribution in [3.05, 3.63) is 99.0 Å². The number of carbonyl (C=O) groups excluding carboxylic acids is 2. The molecule has 0 fully saturated rings. The van der Waals surface area contributed by atoms with Crippen molar-refractivity contribution >= 4 is 40.6 Å². The first kappa shape index (κ1) is 19.3. The molecule has 2 amide bonds. The number of fused-ring (bicyclic) bond motifs is 1. The molecular formula is C22H16N4O3S. The number of H-pyrrole nitrogens is 1. The number of aromatic nitrogens is 2. The van der Waals surface area contributed by atoms with E-state index in [0.717, 1.165) is 0 Å². The van der Waals surface area contributed by atoms with Crippen molar-refractivity contribution in [1.29, 1.82) is 0 Å². The highest BCUT2D eigenvalue weighted by Crippen LogP contribution is 2.16. The van der Waals surface area contributed by atoms with Crippen molar-refractivity contribution < 1.29 is 9.59 Å². The molecule has 0 saturated carbocycles. The standard InChI is InChI=1S/C22H16N4O3S/c23-19(27)13-6-9-15(10-7-13)24-20(28)14-8-11-17-18(12-14)25-22(30)26(21(17)29)16-4-2-1-3-5-16/h1-12H,(H2,23,27)(H,24,28)(H,25,30). The Bertz CT molecular complexity index is 1390. The molecule has 30 heavy (non-hydrogen) atoms. The molecule has 4 N–H and O–H groups in total. The summed E-state index contributed by atoms with van der Waals surface area (Å²) in [5, 5.41) is 3.15. The van der Waals surface area contributed by atoms with Crippen molar-refractivity contribution in [1.82, 2.24) is 9.55 Å². The first-order valence-electron chi connectivity index (χ1n) is 9.00. The highest BCUT2D eigenvalue weighted by atomic mass is 32.1. The number of primary amides is 1. The van der Waals surface area contributed by atoms with Gasteiger partial charge in [-0.15, -0.1) is 0 Å². The molecule has 1 aromatic heterocycles. The van der Waals surface area contributed by atoms with Gasteiger partial charge in [0.15, 0.2) is 4.77 Å². The molecule has 0 atom stereocenters. The van der Waals surface area contributed by atoms with Crippen molar-refractivity contribution in [3.63, 3.8) is 0 Å². The fourth-order valence-corrected chi connectivity index (χ4v) is 3.39. The number of nitrogens with zero attached hydrogens (tertiary/aromatic N) is 1. The minimum Gasteiger partial charge on any atom is -0.366 e. The van der Waals surface area contributed by atoms with Gasteiger partial charge in [0.2, 0.25) is 5.91 Å². The summed E-state index contributed by atoms with van der Waals surface area (Å²) in [6.07, 6.45) is 0. The molecule has 148 valence electrons. The van der Waals surface area contributed by atoms with Gasteiger partial charge in [0.05, 0.1) is 16.6 Å². The Morgan fingerprint density at radius 2 is 1.60 bits per heavy atom. The molecule has 0 bridgehead atoms. The normalized spacial score (nSPS) is 10.7. The van der Waals surface area contributed by atoms with Gasteiger partial charge in [0.25, 0.3) is 11.5 Å². The molecule has 0 saturated heterocycles. The van der Waals surface area contributed by atoms with E-state index in [-0.39, 0.29) is 16.2 Å². The van der Waals surface area contributed by atoms with Crippen LogP contribution >= 0.6 is 12.2 Å². The molecule has 0 radical (unpaired) electrons. The lowest BCUT2D eigenvalue weighted by molar-refractivity contribution is 0.0998. The molecule has 0 spiro atoms. The van der Waals surface area contributed by atoms with Gasteiger partial charge in [-0.2, -0.15) is 0 Å². The van der Waals surface area contributed by atoms with E-state index >= 15 is 0 Å². The van der Waals surface area contributed by atoms with Crippen LogP contribution in [0, 0.1) is 4.77 Å². The summed E-state index contributed by atoms with van der Waals surface area (Å²) in [6.45, 7) is 0. The fraction of sp³-hybridized carbons (Fsp3) is 0. The summed E-state index contributed by atoms with van der Waals surface area (Å²) >= 11 is 5.37. The smallest absolute Gasteiger partial charge is 0.266 e. The van der Waals surface area contributed by atoms with Crippen LogP contribution < -0.4 is 16.6 Å². The second kappa shape index (κ2) is 7.76. The van der Waals surface area contributed by atoms with Crippen LogP contribution in [0.15, 0.2) is 77.6 Å². The summed E-state index contributed by atoms with van der Waals surface area (Å²) in [4.78, 5) is 39.7. The maximum absolute atomic E-state index is 12.9. The summed E-state index contributed by atoms with van der Waals surface area (Å²) in [6, 6.07) is 20.1. The van der Waals surface area contributed by atoms with Crippen LogP contribution in [0.2, 0.25) is 0 Å². The number of carbonyl (C=O) groups is 2. The van der Waals surface area contributed by atoms with Gasteiger partial charge in [0, 0.05) is 16.8 Å². The lowest BCUT2D eigenvalue weighted by Gasteiger charge is -2.10. The Morgan fingerprint density at radius 1 is 0.933 bits per heavy atom. The lowest BCUT2D eigenvalue weighted by Crippen LogP contribution is -2.21. The Kier molecular flexibility index (Phi) is 4.99. The molecule has 7 nitrogen and oxygen atoms in total. The molecule has 1 heterocycles. The molecule has 0 aliphatic heterocycles. The van der Waals surface area contributed by atoms with Crippen LogP contribution in [0.25, 0.3) is 16.6 Å². The molecule has 4 aromatic rings. The number of nitrogens with one attached hydrogen (secondary N) is 2. The van der Waals surface area contributed by atoms with Crippen LogP contribution in [0.5, 0.6) is 0 Å². The molecule has 0 unspecified atom stereocenters. The molecule has 0 aliphatic carbocycles. The van der Waals surface area contributed by atoms with Crippen LogP contribution in [-0.4, -0.2) is 21.4 Å². The Morgan fingerprint density at radius 3 is 2.27 bits per heavy atom. The van der Waals surface area contributed by atoms with Crippen LogP contribution in [-0.2, 0) is 0 Å². The van der Waals surface area contributed by atoms with E-state index in [1.807, 2.05) is 18.2 Å². The van der Waals surface area contributed by atoms with Crippen molar-refractivity contribution in [2.45, 2.75) is 0 Å². The number of anilines is 1.